The van der Waals surface area contributed by atoms with Crippen LogP contribution in [0.1, 0.15) is 31.2 Å². The Bertz CT molecular complexity index is 397. The molecule has 4 heteroatoms. The Labute approximate surface area is 106 Å². The summed E-state index contributed by atoms with van der Waals surface area (Å²) in [5.74, 6) is -1.00. The first-order valence-corrected chi connectivity index (χ1v) is 6.49. The highest BCUT2D eigenvalue weighted by molar-refractivity contribution is 5.18. The van der Waals surface area contributed by atoms with Crippen molar-refractivity contribution in [3.63, 3.8) is 0 Å². The van der Waals surface area contributed by atoms with Gasteiger partial charge in [-0.05, 0) is 38.3 Å². The zero-order chi connectivity index (χ0) is 13.0. The minimum atomic E-state index is -0.533. The van der Waals surface area contributed by atoms with Gasteiger partial charge in [0.2, 0.25) is 0 Å². The van der Waals surface area contributed by atoms with Gasteiger partial charge in [-0.3, -0.25) is 4.90 Å². The van der Waals surface area contributed by atoms with Crippen LogP contribution in [0.15, 0.2) is 18.2 Å². The van der Waals surface area contributed by atoms with Crippen molar-refractivity contribution in [1.29, 1.82) is 0 Å². The molecule has 0 aliphatic carbocycles. The van der Waals surface area contributed by atoms with E-state index in [4.69, 9.17) is 5.11 Å². The monoisotopic (exact) mass is 255 g/mol. The Morgan fingerprint density at radius 3 is 2.89 bits per heavy atom. The molecule has 0 amide bonds. The van der Waals surface area contributed by atoms with Crippen LogP contribution < -0.4 is 0 Å². The Hall–Kier alpha value is -1.00. The van der Waals surface area contributed by atoms with Gasteiger partial charge >= 0.3 is 0 Å². The second-order valence-corrected chi connectivity index (χ2v) is 4.87. The van der Waals surface area contributed by atoms with Gasteiger partial charge in [0.15, 0.2) is 0 Å². The summed E-state index contributed by atoms with van der Waals surface area (Å²) in [4.78, 5) is 2.23. The number of halogens is 2. The number of rotatable bonds is 5. The highest BCUT2D eigenvalue weighted by atomic mass is 19.1. The lowest BCUT2D eigenvalue weighted by Gasteiger charge is -2.24. The number of benzene rings is 1. The van der Waals surface area contributed by atoms with E-state index in [1.807, 2.05) is 0 Å². The van der Waals surface area contributed by atoms with Gasteiger partial charge in [0.25, 0.3) is 0 Å². The van der Waals surface area contributed by atoms with Crippen molar-refractivity contribution in [3.8, 4) is 0 Å². The van der Waals surface area contributed by atoms with E-state index in [1.54, 1.807) is 0 Å². The molecule has 1 unspecified atom stereocenters. The summed E-state index contributed by atoms with van der Waals surface area (Å²) in [7, 11) is 0. The smallest absolute Gasteiger partial charge is 0.130 e. The maximum absolute atomic E-state index is 13.6. The van der Waals surface area contributed by atoms with E-state index in [1.165, 1.54) is 12.1 Å². The zero-order valence-corrected chi connectivity index (χ0v) is 10.4. The van der Waals surface area contributed by atoms with E-state index in [-0.39, 0.29) is 6.61 Å². The minimum Gasteiger partial charge on any atom is -0.396 e. The maximum Gasteiger partial charge on any atom is 0.130 e. The number of likely N-dealkylation sites (tertiary alicyclic amines) is 1. The summed E-state index contributed by atoms with van der Waals surface area (Å²) in [6.45, 7) is 1.68. The van der Waals surface area contributed by atoms with Crippen LogP contribution in [0.2, 0.25) is 0 Å². The third kappa shape index (κ3) is 3.27. The van der Waals surface area contributed by atoms with Crippen LogP contribution >= 0.6 is 0 Å². The lowest BCUT2D eigenvalue weighted by Crippen LogP contribution is -2.29. The van der Waals surface area contributed by atoms with Crippen molar-refractivity contribution in [1.82, 2.24) is 4.90 Å². The van der Waals surface area contributed by atoms with Crippen LogP contribution in [0.3, 0.4) is 0 Å². The molecule has 0 saturated carbocycles. The SMILES string of the molecule is OCCCC1CCCN1Cc1ccc(F)cc1F. The fourth-order valence-corrected chi connectivity index (χ4v) is 2.63. The molecule has 0 spiro atoms. The van der Waals surface area contributed by atoms with Gasteiger partial charge in [0, 0.05) is 30.8 Å². The maximum atomic E-state index is 13.6. The predicted molar refractivity (Wildman–Crippen MR) is 66.1 cm³/mol. The summed E-state index contributed by atoms with van der Waals surface area (Å²) >= 11 is 0. The number of hydrogen-bond donors (Lipinski definition) is 1. The number of nitrogens with zero attached hydrogens (tertiary/aromatic N) is 1. The molecular weight excluding hydrogens is 236 g/mol. The molecule has 0 radical (unpaired) electrons. The van der Waals surface area contributed by atoms with Crippen molar-refractivity contribution in [2.75, 3.05) is 13.2 Å². The van der Waals surface area contributed by atoms with E-state index < -0.39 is 11.6 Å². The molecule has 2 nitrogen and oxygen atoms in total. The molecule has 1 saturated heterocycles. The molecule has 1 heterocycles. The minimum absolute atomic E-state index is 0.204. The van der Waals surface area contributed by atoms with Crippen LogP contribution in [0.4, 0.5) is 8.78 Å². The molecule has 0 aromatic heterocycles. The van der Waals surface area contributed by atoms with Crippen LogP contribution in [0.5, 0.6) is 0 Å². The topological polar surface area (TPSA) is 23.5 Å². The van der Waals surface area contributed by atoms with Crippen LogP contribution in [0.25, 0.3) is 0 Å². The average Bonchev–Trinajstić information content (AvgIpc) is 2.77. The van der Waals surface area contributed by atoms with Gasteiger partial charge in [0.1, 0.15) is 11.6 Å². The Kier molecular flexibility index (Phi) is 4.66. The second kappa shape index (κ2) is 6.25. The molecule has 18 heavy (non-hydrogen) atoms. The third-order valence-electron chi connectivity index (χ3n) is 3.58. The van der Waals surface area contributed by atoms with Crippen molar-refractivity contribution in [2.24, 2.45) is 0 Å². The molecule has 1 aromatic rings. The molecule has 1 fully saturated rings. The molecule has 1 atom stereocenters. The van der Waals surface area contributed by atoms with Gasteiger partial charge < -0.3 is 5.11 Å². The fourth-order valence-electron chi connectivity index (χ4n) is 2.63. The van der Waals surface area contributed by atoms with Crippen LogP contribution in [-0.4, -0.2) is 29.2 Å². The van der Waals surface area contributed by atoms with E-state index in [0.717, 1.165) is 38.3 Å². The molecule has 1 N–H and O–H groups in total. The lowest BCUT2D eigenvalue weighted by molar-refractivity contribution is 0.208. The largest absolute Gasteiger partial charge is 0.396 e. The van der Waals surface area contributed by atoms with Crippen molar-refractivity contribution in [3.05, 3.63) is 35.4 Å². The summed E-state index contributed by atoms with van der Waals surface area (Å²) in [6, 6.07) is 4.18. The van der Waals surface area contributed by atoms with Gasteiger partial charge in [-0.1, -0.05) is 6.07 Å². The first-order valence-electron chi connectivity index (χ1n) is 6.49. The van der Waals surface area contributed by atoms with E-state index in [2.05, 4.69) is 4.90 Å². The Morgan fingerprint density at radius 2 is 2.17 bits per heavy atom. The van der Waals surface area contributed by atoms with Gasteiger partial charge in [0.05, 0.1) is 0 Å². The Morgan fingerprint density at radius 1 is 1.33 bits per heavy atom. The first-order chi connectivity index (χ1) is 8.70. The second-order valence-electron chi connectivity index (χ2n) is 4.87. The molecule has 1 aromatic carbocycles. The number of aliphatic hydroxyl groups is 1. The summed E-state index contributed by atoms with van der Waals surface area (Å²) < 4.78 is 26.4. The van der Waals surface area contributed by atoms with E-state index in [0.29, 0.717) is 18.2 Å². The summed E-state index contributed by atoms with van der Waals surface area (Å²) in [6.07, 6.45) is 3.94. The molecule has 2 rings (SSSR count). The third-order valence-corrected chi connectivity index (χ3v) is 3.58. The number of aliphatic hydroxyl groups excluding tert-OH is 1. The zero-order valence-electron chi connectivity index (χ0n) is 10.4. The summed E-state index contributed by atoms with van der Waals surface area (Å²) in [5, 5.41) is 8.86. The standard InChI is InChI=1S/C14H19F2NO/c15-12-6-5-11(14(16)9-12)10-17-7-1-3-13(17)4-2-8-18/h5-6,9,13,18H,1-4,7-8,10H2. The summed E-state index contributed by atoms with van der Waals surface area (Å²) in [5.41, 5.74) is 0.548. The molecule has 1 aliphatic rings. The van der Waals surface area contributed by atoms with Crippen LogP contribution in [-0.2, 0) is 6.54 Å². The Balaban J connectivity index is 1.99. The molecular formula is C14H19F2NO. The average molecular weight is 255 g/mol. The van der Waals surface area contributed by atoms with Crippen LogP contribution in [0, 0.1) is 11.6 Å². The molecule has 0 bridgehead atoms. The van der Waals surface area contributed by atoms with E-state index >= 15 is 0 Å². The van der Waals surface area contributed by atoms with Gasteiger partial charge in [-0.25, -0.2) is 8.78 Å². The van der Waals surface area contributed by atoms with Crippen molar-refractivity contribution in [2.45, 2.75) is 38.3 Å². The lowest BCUT2D eigenvalue weighted by atomic mass is 10.1. The van der Waals surface area contributed by atoms with Gasteiger partial charge in [-0.15, -0.1) is 0 Å². The molecule has 100 valence electrons. The van der Waals surface area contributed by atoms with Crippen molar-refractivity contribution < 1.29 is 13.9 Å². The quantitative estimate of drug-likeness (QED) is 0.874. The highest BCUT2D eigenvalue weighted by Crippen LogP contribution is 2.24. The van der Waals surface area contributed by atoms with Gasteiger partial charge in [-0.2, -0.15) is 0 Å². The molecule has 1 aliphatic heterocycles. The van der Waals surface area contributed by atoms with E-state index in [9.17, 15) is 8.78 Å². The number of hydrogen-bond acceptors (Lipinski definition) is 2. The first kappa shape index (κ1) is 13.4. The highest BCUT2D eigenvalue weighted by Gasteiger charge is 2.24. The fraction of sp³-hybridized carbons (Fsp3) is 0.571. The normalized spacial score (nSPS) is 20.5. The van der Waals surface area contributed by atoms with Crippen molar-refractivity contribution >= 4 is 0 Å². The predicted octanol–water partition coefficient (Wildman–Crippen LogP) is 2.70.